The molecular weight excluding hydrogens is 484 g/mol. The Hall–Kier alpha value is -2.66. The largest absolute Gasteiger partial charge is 0.491 e. The predicted octanol–water partition coefficient (Wildman–Crippen LogP) is 2.38. The van der Waals surface area contributed by atoms with Crippen LogP contribution in [0.25, 0.3) is 0 Å². The van der Waals surface area contributed by atoms with Crippen molar-refractivity contribution in [3.05, 3.63) is 60.2 Å². The van der Waals surface area contributed by atoms with Crippen molar-refractivity contribution in [2.24, 2.45) is 0 Å². The number of sulfone groups is 1. The third-order valence-electron chi connectivity index (χ3n) is 6.67. The molecule has 2 N–H and O–H groups in total. The summed E-state index contributed by atoms with van der Waals surface area (Å²) in [6, 6.07) is 16.0. The van der Waals surface area contributed by atoms with Gasteiger partial charge in [-0.15, -0.1) is 0 Å². The first-order chi connectivity index (χ1) is 17.2. The number of likely N-dealkylation sites (tertiary alicyclic amines) is 1. The van der Waals surface area contributed by atoms with Gasteiger partial charge in [-0.3, -0.25) is 0 Å². The fourth-order valence-electron chi connectivity index (χ4n) is 4.58. The Morgan fingerprint density at radius 3 is 2.67 bits per heavy atom. The topological polar surface area (TPSA) is 114 Å². The van der Waals surface area contributed by atoms with E-state index in [2.05, 4.69) is 5.32 Å². The van der Waals surface area contributed by atoms with Gasteiger partial charge >= 0.3 is 6.09 Å². The van der Waals surface area contributed by atoms with E-state index in [1.807, 2.05) is 30.3 Å². The minimum absolute atomic E-state index is 0.0407. The van der Waals surface area contributed by atoms with Crippen molar-refractivity contribution in [3.63, 3.8) is 0 Å². The number of hydrogen-bond acceptors (Lipinski definition) is 8. The van der Waals surface area contributed by atoms with Gasteiger partial charge in [0.2, 0.25) is 0 Å². The number of benzene rings is 2. The molecule has 9 nitrogen and oxygen atoms in total. The number of carbonyl (C=O) groups excluding carboxylic acids is 1. The summed E-state index contributed by atoms with van der Waals surface area (Å²) in [4.78, 5) is 14.3. The van der Waals surface area contributed by atoms with E-state index in [0.29, 0.717) is 32.0 Å². The molecule has 4 rings (SSSR count). The molecular formula is C26H34N2O7S. The number of carbonyl (C=O) groups is 1. The average molecular weight is 519 g/mol. The van der Waals surface area contributed by atoms with Gasteiger partial charge in [0.15, 0.2) is 9.84 Å². The van der Waals surface area contributed by atoms with E-state index in [4.69, 9.17) is 14.2 Å². The Bertz CT molecular complexity index is 1120. The van der Waals surface area contributed by atoms with E-state index in [0.717, 1.165) is 31.1 Å². The van der Waals surface area contributed by atoms with Crippen LogP contribution in [0.5, 0.6) is 5.75 Å². The molecule has 2 aliphatic heterocycles. The summed E-state index contributed by atoms with van der Waals surface area (Å²) in [5, 5.41) is 13.7. The summed E-state index contributed by atoms with van der Waals surface area (Å²) >= 11 is 0. The second kappa shape index (κ2) is 11.6. The fraction of sp³-hybridized carbons (Fsp3) is 0.500. The number of ether oxygens (including phenoxy) is 3. The molecule has 0 aliphatic carbocycles. The quantitative estimate of drug-likeness (QED) is 0.520. The van der Waals surface area contributed by atoms with Crippen molar-refractivity contribution >= 4 is 15.9 Å². The molecule has 2 atom stereocenters. The van der Waals surface area contributed by atoms with Crippen LogP contribution in [0.4, 0.5) is 4.79 Å². The number of aliphatic hydroxyl groups excluding tert-OH is 1. The van der Waals surface area contributed by atoms with Gasteiger partial charge in [0.1, 0.15) is 25.1 Å². The molecule has 2 fully saturated rings. The van der Waals surface area contributed by atoms with Gasteiger partial charge in [-0.2, -0.15) is 0 Å². The van der Waals surface area contributed by atoms with Gasteiger partial charge in [-0.1, -0.05) is 36.4 Å². The molecule has 0 unspecified atom stereocenters. The van der Waals surface area contributed by atoms with Crippen LogP contribution in [0.2, 0.25) is 0 Å². The van der Waals surface area contributed by atoms with Crippen LogP contribution in [0.1, 0.15) is 24.8 Å². The van der Waals surface area contributed by atoms with E-state index in [-0.39, 0.29) is 35.8 Å². The number of nitrogens with zero attached hydrogens (tertiary/aromatic N) is 1. The van der Waals surface area contributed by atoms with Crippen molar-refractivity contribution in [2.45, 2.75) is 48.5 Å². The molecule has 2 saturated heterocycles. The van der Waals surface area contributed by atoms with Crippen molar-refractivity contribution in [1.29, 1.82) is 0 Å². The second-order valence-electron chi connectivity index (χ2n) is 9.54. The first kappa shape index (κ1) is 26.4. The molecule has 2 aliphatic rings. The summed E-state index contributed by atoms with van der Waals surface area (Å²) in [6.07, 6.45) is 2.38. The van der Waals surface area contributed by atoms with Crippen LogP contribution >= 0.6 is 0 Å². The SMILES string of the molecule is CS(=O)(=O)c1cccc(OC[C@@H](O)CN[C@@H]2COC3(CCN(C(=O)OCc4ccccc4)CC3)C2)c1. The lowest BCUT2D eigenvalue weighted by Gasteiger charge is -2.38. The molecule has 2 aromatic rings. The predicted molar refractivity (Wildman–Crippen MR) is 134 cm³/mol. The third kappa shape index (κ3) is 7.19. The summed E-state index contributed by atoms with van der Waals surface area (Å²) < 4.78 is 40.5. The van der Waals surface area contributed by atoms with Crippen LogP contribution in [0.15, 0.2) is 59.5 Å². The highest BCUT2D eigenvalue weighted by molar-refractivity contribution is 7.90. The molecule has 0 radical (unpaired) electrons. The van der Waals surface area contributed by atoms with E-state index in [1.54, 1.807) is 17.0 Å². The number of rotatable bonds is 9. The molecule has 196 valence electrons. The number of hydrogen-bond donors (Lipinski definition) is 2. The van der Waals surface area contributed by atoms with Crippen molar-refractivity contribution < 1.29 is 32.5 Å². The second-order valence-corrected chi connectivity index (χ2v) is 11.6. The monoisotopic (exact) mass is 518 g/mol. The molecule has 0 saturated carbocycles. The van der Waals surface area contributed by atoms with Gasteiger partial charge in [-0.05, 0) is 43.0 Å². The zero-order chi connectivity index (χ0) is 25.6. The Morgan fingerprint density at radius 1 is 1.19 bits per heavy atom. The number of nitrogens with one attached hydrogen (secondary N) is 1. The fourth-order valence-corrected chi connectivity index (χ4v) is 5.24. The highest BCUT2D eigenvalue weighted by Crippen LogP contribution is 2.36. The zero-order valence-electron chi connectivity index (χ0n) is 20.5. The van der Waals surface area contributed by atoms with Crippen LogP contribution in [-0.2, 0) is 25.9 Å². The number of aliphatic hydroxyl groups is 1. The van der Waals surface area contributed by atoms with Crippen LogP contribution in [0.3, 0.4) is 0 Å². The van der Waals surface area contributed by atoms with Crippen LogP contribution in [-0.4, -0.2) is 81.4 Å². The minimum atomic E-state index is -3.32. The normalized spacial score (nSPS) is 20.3. The Kier molecular flexibility index (Phi) is 8.50. The Labute approximate surface area is 212 Å². The third-order valence-corrected chi connectivity index (χ3v) is 7.78. The summed E-state index contributed by atoms with van der Waals surface area (Å²) in [5.74, 6) is 0.397. The number of piperidine rings is 1. The highest BCUT2D eigenvalue weighted by atomic mass is 32.2. The summed E-state index contributed by atoms with van der Waals surface area (Å²) in [5.41, 5.74) is 0.698. The maximum absolute atomic E-state index is 12.4. The smallest absolute Gasteiger partial charge is 0.410 e. The van der Waals surface area contributed by atoms with Crippen LogP contribution < -0.4 is 10.1 Å². The first-order valence-corrected chi connectivity index (χ1v) is 14.1. The molecule has 2 aromatic carbocycles. The molecule has 10 heteroatoms. The average Bonchev–Trinajstić information content (AvgIpc) is 3.27. The minimum Gasteiger partial charge on any atom is -0.491 e. The molecule has 2 heterocycles. The molecule has 0 aromatic heterocycles. The maximum atomic E-state index is 12.4. The van der Waals surface area contributed by atoms with E-state index in [1.165, 1.54) is 12.1 Å². The highest BCUT2D eigenvalue weighted by Gasteiger charge is 2.43. The van der Waals surface area contributed by atoms with E-state index < -0.39 is 15.9 Å². The van der Waals surface area contributed by atoms with Crippen molar-refractivity contribution in [3.8, 4) is 5.75 Å². The Balaban J connectivity index is 1.15. The Morgan fingerprint density at radius 2 is 1.94 bits per heavy atom. The zero-order valence-corrected chi connectivity index (χ0v) is 21.3. The van der Waals surface area contributed by atoms with Crippen molar-refractivity contribution in [2.75, 3.05) is 39.1 Å². The lowest BCUT2D eigenvalue weighted by atomic mass is 9.87. The summed E-state index contributed by atoms with van der Waals surface area (Å²) in [6.45, 7) is 2.35. The summed E-state index contributed by atoms with van der Waals surface area (Å²) in [7, 11) is -3.32. The molecule has 0 bridgehead atoms. The van der Waals surface area contributed by atoms with E-state index in [9.17, 15) is 18.3 Å². The molecule has 36 heavy (non-hydrogen) atoms. The lowest BCUT2D eigenvalue weighted by molar-refractivity contribution is -0.0422. The van der Waals surface area contributed by atoms with Gasteiger partial charge in [0.25, 0.3) is 0 Å². The maximum Gasteiger partial charge on any atom is 0.410 e. The van der Waals surface area contributed by atoms with Crippen LogP contribution in [0, 0.1) is 0 Å². The van der Waals surface area contributed by atoms with Gasteiger partial charge in [-0.25, -0.2) is 13.2 Å². The van der Waals surface area contributed by atoms with Gasteiger partial charge < -0.3 is 29.5 Å². The van der Waals surface area contributed by atoms with Crippen molar-refractivity contribution in [1.82, 2.24) is 10.2 Å². The van der Waals surface area contributed by atoms with E-state index >= 15 is 0 Å². The van der Waals surface area contributed by atoms with Gasteiger partial charge in [0.05, 0.1) is 17.1 Å². The number of amides is 1. The molecule has 1 amide bonds. The van der Waals surface area contributed by atoms with Gasteiger partial charge in [0, 0.05) is 31.9 Å². The standard InChI is InChI=1S/C26H34N2O7S/c1-36(31,32)24-9-5-8-23(14-24)33-19-22(29)16-27-21-15-26(35-18-21)10-12-28(13-11-26)25(30)34-17-20-6-3-2-4-7-20/h2-9,14,21-22,27,29H,10-13,15-19H2,1H3/t21-,22-/m0/s1. The lowest BCUT2D eigenvalue weighted by Crippen LogP contribution is -2.47. The first-order valence-electron chi connectivity index (χ1n) is 12.2. The molecule has 1 spiro atoms.